The average Bonchev–Trinajstić information content (AvgIpc) is 2.56. The third-order valence-corrected chi connectivity index (χ3v) is 5.07. The smallest absolute Gasteiger partial charge is 0.241 e. The monoisotopic (exact) mass is 368 g/mol. The minimum absolute atomic E-state index is 0.0505. The zero-order valence-electron chi connectivity index (χ0n) is 13.2. The molecule has 0 spiro atoms. The van der Waals surface area contributed by atoms with Crippen LogP contribution in [0, 0.1) is 6.92 Å². The largest absolute Gasteiger partial charge is 0.495 e. The molecule has 128 valence electrons. The Labute approximate surface area is 145 Å². The number of aryl methyl sites for hydroxylation is 1. The van der Waals surface area contributed by atoms with E-state index in [1.165, 1.54) is 25.3 Å². The quantitative estimate of drug-likeness (QED) is 0.820. The summed E-state index contributed by atoms with van der Waals surface area (Å²) in [5, 5.41) is 3.07. The van der Waals surface area contributed by atoms with Gasteiger partial charge in [0.15, 0.2) is 0 Å². The number of halogens is 1. The van der Waals surface area contributed by atoms with Crippen LogP contribution in [0.1, 0.15) is 5.56 Å². The molecule has 0 unspecified atom stereocenters. The summed E-state index contributed by atoms with van der Waals surface area (Å²) >= 11 is 5.89. The number of hydrogen-bond acceptors (Lipinski definition) is 4. The van der Waals surface area contributed by atoms with E-state index in [0.717, 1.165) is 0 Å². The number of para-hydroxylation sites is 2. The first-order chi connectivity index (χ1) is 11.3. The third-order valence-electron chi connectivity index (χ3n) is 3.24. The summed E-state index contributed by atoms with van der Waals surface area (Å²) in [6.07, 6.45) is 0. The van der Waals surface area contributed by atoms with Gasteiger partial charge in [0.25, 0.3) is 0 Å². The molecule has 0 aromatic heterocycles. The van der Waals surface area contributed by atoms with Gasteiger partial charge in [-0.25, -0.2) is 13.1 Å². The number of amides is 1. The predicted molar refractivity (Wildman–Crippen MR) is 93.0 cm³/mol. The van der Waals surface area contributed by atoms with Gasteiger partial charge in [-0.3, -0.25) is 4.79 Å². The summed E-state index contributed by atoms with van der Waals surface area (Å²) in [5.41, 5.74) is 1.10. The van der Waals surface area contributed by atoms with E-state index in [2.05, 4.69) is 10.0 Å². The van der Waals surface area contributed by atoms with Gasteiger partial charge in [0.05, 0.1) is 24.2 Å². The lowest BCUT2D eigenvalue weighted by atomic mass is 10.2. The van der Waals surface area contributed by atoms with Gasteiger partial charge in [0.1, 0.15) is 5.75 Å². The van der Waals surface area contributed by atoms with Gasteiger partial charge in [-0.1, -0.05) is 23.7 Å². The van der Waals surface area contributed by atoms with E-state index in [1.54, 1.807) is 31.2 Å². The molecule has 0 heterocycles. The number of sulfonamides is 1. The number of carbonyl (C=O) groups excluding carboxylic acids is 1. The van der Waals surface area contributed by atoms with E-state index in [9.17, 15) is 13.2 Å². The van der Waals surface area contributed by atoms with Crippen LogP contribution in [-0.4, -0.2) is 28.0 Å². The number of rotatable bonds is 6. The number of anilines is 1. The van der Waals surface area contributed by atoms with Gasteiger partial charge in [0, 0.05) is 5.02 Å². The number of nitrogens with one attached hydrogen (secondary N) is 2. The topological polar surface area (TPSA) is 84.5 Å². The Morgan fingerprint density at radius 1 is 1.21 bits per heavy atom. The molecule has 2 aromatic carbocycles. The van der Waals surface area contributed by atoms with Crippen LogP contribution >= 0.6 is 11.6 Å². The summed E-state index contributed by atoms with van der Waals surface area (Å²) < 4.78 is 31.8. The van der Waals surface area contributed by atoms with Crippen molar-refractivity contribution in [2.24, 2.45) is 0 Å². The van der Waals surface area contributed by atoms with Gasteiger partial charge in [-0.15, -0.1) is 0 Å². The van der Waals surface area contributed by atoms with E-state index >= 15 is 0 Å². The minimum Gasteiger partial charge on any atom is -0.495 e. The Hall–Kier alpha value is -2.09. The fourth-order valence-corrected chi connectivity index (χ4v) is 3.15. The number of methoxy groups -OCH3 is 1. The summed E-state index contributed by atoms with van der Waals surface area (Å²) in [6, 6.07) is 11.2. The van der Waals surface area contributed by atoms with Crippen LogP contribution in [0.4, 0.5) is 5.69 Å². The predicted octanol–water partition coefficient (Wildman–Crippen LogP) is 2.57. The molecule has 0 aliphatic carbocycles. The highest BCUT2D eigenvalue weighted by Crippen LogP contribution is 2.23. The summed E-state index contributed by atoms with van der Waals surface area (Å²) in [7, 11) is -2.32. The number of hydrogen-bond donors (Lipinski definition) is 2. The lowest BCUT2D eigenvalue weighted by Crippen LogP contribution is -2.33. The standard InChI is InChI=1S/C16H17ClN2O4S/c1-11-9-12(7-8-13(11)17)24(21,22)18-10-16(20)19-14-5-3-4-6-15(14)23-2/h3-9,18H,10H2,1-2H3,(H,19,20). The molecule has 2 N–H and O–H groups in total. The molecule has 0 saturated carbocycles. The molecule has 2 aromatic rings. The molecular formula is C16H17ClN2O4S. The first kappa shape index (κ1) is 18.3. The second kappa shape index (κ2) is 7.65. The van der Waals surface area contributed by atoms with E-state index in [0.29, 0.717) is 22.0 Å². The summed E-state index contributed by atoms with van der Waals surface area (Å²) in [5.74, 6) is -0.0178. The van der Waals surface area contributed by atoms with Crippen LogP contribution in [-0.2, 0) is 14.8 Å². The fraction of sp³-hybridized carbons (Fsp3) is 0.188. The maximum Gasteiger partial charge on any atom is 0.241 e. The molecular weight excluding hydrogens is 352 g/mol. The van der Waals surface area contributed by atoms with Crippen molar-refractivity contribution >= 4 is 33.2 Å². The van der Waals surface area contributed by atoms with Crippen molar-refractivity contribution in [3.05, 3.63) is 53.1 Å². The van der Waals surface area contributed by atoms with Crippen LogP contribution in [0.15, 0.2) is 47.4 Å². The molecule has 8 heteroatoms. The zero-order chi connectivity index (χ0) is 17.7. The van der Waals surface area contributed by atoms with Crippen molar-refractivity contribution in [2.45, 2.75) is 11.8 Å². The van der Waals surface area contributed by atoms with Crippen molar-refractivity contribution < 1.29 is 17.9 Å². The normalized spacial score (nSPS) is 11.1. The van der Waals surface area contributed by atoms with Crippen molar-refractivity contribution in [2.75, 3.05) is 19.0 Å². The van der Waals surface area contributed by atoms with E-state index in [4.69, 9.17) is 16.3 Å². The van der Waals surface area contributed by atoms with E-state index in [1.807, 2.05) is 0 Å². The Bertz CT molecular complexity index is 853. The molecule has 24 heavy (non-hydrogen) atoms. The van der Waals surface area contributed by atoms with Crippen LogP contribution in [0.5, 0.6) is 5.75 Å². The molecule has 2 rings (SSSR count). The van der Waals surface area contributed by atoms with Crippen LogP contribution < -0.4 is 14.8 Å². The lowest BCUT2D eigenvalue weighted by Gasteiger charge is -2.11. The van der Waals surface area contributed by atoms with E-state index < -0.39 is 22.5 Å². The molecule has 0 atom stereocenters. The molecule has 0 fully saturated rings. The molecule has 0 bridgehead atoms. The average molecular weight is 369 g/mol. The van der Waals surface area contributed by atoms with Gasteiger partial charge in [-0.2, -0.15) is 0 Å². The Morgan fingerprint density at radius 2 is 1.92 bits per heavy atom. The zero-order valence-corrected chi connectivity index (χ0v) is 14.7. The summed E-state index contributed by atoms with van der Waals surface area (Å²) in [4.78, 5) is 12.0. The highest BCUT2D eigenvalue weighted by molar-refractivity contribution is 7.89. The van der Waals surface area contributed by atoms with Crippen LogP contribution in [0.2, 0.25) is 5.02 Å². The second-order valence-corrected chi connectivity index (χ2v) is 7.16. The van der Waals surface area contributed by atoms with Crippen molar-refractivity contribution in [3.8, 4) is 5.75 Å². The first-order valence-corrected chi connectivity index (χ1v) is 8.88. The van der Waals surface area contributed by atoms with Gasteiger partial charge in [0.2, 0.25) is 15.9 Å². The van der Waals surface area contributed by atoms with Gasteiger partial charge >= 0.3 is 0 Å². The molecule has 0 saturated heterocycles. The maximum atomic E-state index is 12.2. The minimum atomic E-state index is -3.80. The number of carbonyl (C=O) groups is 1. The lowest BCUT2D eigenvalue weighted by molar-refractivity contribution is -0.115. The Kier molecular flexibility index (Phi) is 5.82. The number of ether oxygens (including phenoxy) is 1. The molecule has 0 aliphatic rings. The van der Waals surface area contributed by atoms with Gasteiger partial charge < -0.3 is 10.1 Å². The van der Waals surface area contributed by atoms with Crippen LogP contribution in [0.3, 0.4) is 0 Å². The number of benzene rings is 2. The Morgan fingerprint density at radius 3 is 2.58 bits per heavy atom. The van der Waals surface area contributed by atoms with E-state index in [-0.39, 0.29) is 4.90 Å². The Balaban J connectivity index is 2.03. The van der Waals surface area contributed by atoms with Gasteiger partial charge in [-0.05, 0) is 42.8 Å². The highest BCUT2D eigenvalue weighted by atomic mass is 35.5. The molecule has 1 amide bonds. The fourth-order valence-electron chi connectivity index (χ4n) is 1.97. The van der Waals surface area contributed by atoms with Crippen molar-refractivity contribution in [3.63, 3.8) is 0 Å². The van der Waals surface area contributed by atoms with Crippen LogP contribution in [0.25, 0.3) is 0 Å². The van der Waals surface area contributed by atoms with Crippen molar-refractivity contribution in [1.29, 1.82) is 0 Å². The van der Waals surface area contributed by atoms with Crippen molar-refractivity contribution in [1.82, 2.24) is 4.72 Å². The summed E-state index contributed by atoms with van der Waals surface area (Å²) in [6.45, 7) is 1.30. The maximum absolute atomic E-state index is 12.2. The second-order valence-electron chi connectivity index (χ2n) is 4.98. The first-order valence-electron chi connectivity index (χ1n) is 7.02. The third kappa shape index (κ3) is 4.47. The molecule has 6 nitrogen and oxygen atoms in total. The molecule has 0 aliphatic heterocycles. The SMILES string of the molecule is COc1ccccc1NC(=O)CNS(=O)(=O)c1ccc(Cl)c(C)c1. The molecule has 0 radical (unpaired) electrons. The highest BCUT2D eigenvalue weighted by Gasteiger charge is 2.17.